The van der Waals surface area contributed by atoms with E-state index in [2.05, 4.69) is 0 Å². The van der Waals surface area contributed by atoms with E-state index in [4.69, 9.17) is 14.3 Å². The molecule has 43 heavy (non-hydrogen) atoms. The molecule has 0 saturated heterocycles. The molecule has 2 atom stereocenters. The van der Waals surface area contributed by atoms with Gasteiger partial charge in [-0.2, -0.15) is 0 Å². The van der Waals surface area contributed by atoms with E-state index < -0.39 is 35.0 Å². The van der Waals surface area contributed by atoms with Gasteiger partial charge < -0.3 is 14.6 Å². The van der Waals surface area contributed by atoms with E-state index in [0.29, 0.717) is 19.3 Å². The van der Waals surface area contributed by atoms with Gasteiger partial charge in [0.25, 0.3) is 0 Å². The second-order valence-corrected chi connectivity index (χ2v) is 12.4. The van der Waals surface area contributed by atoms with Crippen molar-refractivity contribution in [1.29, 1.82) is 0 Å². The van der Waals surface area contributed by atoms with Crippen molar-refractivity contribution in [3.05, 3.63) is 71.8 Å². The van der Waals surface area contributed by atoms with Crippen LogP contribution in [0.3, 0.4) is 0 Å². The third-order valence-corrected chi connectivity index (χ3v) is 6.20. The van der Waals surface area contributed by atoms with Gasteiger partial charge in [-0.25, -0.2) is 5.06 Å². The Labute approximate surface area is 256 Å². The molecule has 0 saturated carbocycles. The predicted octanol–water partition coefficient (Wildman–Crippen LogP) is 6.04. The summed E-state index contributed by atoms with van der Waals surface area (Å²) >= 11 is 0. The van der Waals surface area contributed by atoms with Gasteiger partial charge in [-0.15, -0.1) is 0 Å². The number of carboxylic acid groups (broad SMARTS) is 1. The van der Waals surface area contributed by atoms with Gasteiger partial charge in [-0.3, -0.25) is 24.0 Å². The van der Waals surface area contributed by atoms with Crippen LogP contribution in [0.25, 0.3) is 0 Å². The summed E-state index contributed by atoms with van der Waals surface area (Å²) in [5, 5.41) is 10.4. The van der Waals surface area contributed by atoms with Crippen LogP contribution < -0.4 is 0 Å². The lowest BCUT2D eigenvalue weighted by atomic mass is 9.95. The van der Waals surface area contributed by atoms with Crippen LogP contribution in [0.4, 0.5) is 0 Å². The molecule has 0 aliphatic heterocycles. The molecule has 0 radical (unpaired) electrons. The monoisotopic (exact) mass is 599 g/mol. The Bertz CT molecular complexity index is 1140. The summed E-state index contributed by atoms with van der Waals surface area (Å²) in [6, 6.07) is 19.5. The molecule has 2 rings (SSSR count). The Hall–Kier alpha value is -3.72. The number of carbonyl (C=O) groups is 4. The van der Waals surface area contributed by atoms with Crippen LogP contribution in [-0.4, -0.2) is 59.3 Å². The molecule has 1 amide bonds. The van der Waals surface area contributed by atoms with Crippen LogP contribution in [-0.2, 0) is 46.3 Å². The van der Waals surface area contributed by atoms with Crippen LogP contribution >= 0.6 is 0 Å². The number of aliphatic carboxylic acids is 1. The number of nitrogens with zero attached hydrogens (tertiary/aromatic N) is 1. The largest absolute Gasteiger partial charge is 0.481 e. The van der Waals surface area contributed by atoms with Gasteiger partial charge in [0.1, 0.15) is 11.2 Å². The summed E-state index contributed by atoms with van der Waals surface area (Å²) in [6.07, 6.45) is 2.32. The maximum Gasteiger partial charge on any atom is 0.307 e. The van der Waals surface area contributed by atoms with E-state index in [1.807, 2.05) is 81.4 Å². The Morgan fingerprint density at radius 3 is 1.42 bits per heavy atom. The van der Waals surface area contributed by atoms with Crippen molar-refractivity contribution in [3.8, 4) is 0 Å². The molecule has 2 aromatic rings. The number of benzene rings is 2. The lowest BCUT2D eigenvalue weighted by Crippen LogP contribution is -2.35. The number of aryl methyl sites for hydroxylation is 2. The van der Waals surface area contributed by atoms with Gasteiger partial charge in [0.15, 0.2) is 0 Å². The first-order chi connectivity index (χ1) is 20.0. The molecule has 9 heteroatoms. The quantitative estimate of drug-likeness (QED) is 0.219. The molecule has 1 N–H and O–H groups in total. The summed E-state index contributed by atoms with van der Waals surface area (Å²) in [4.78, 5) is 52.3. The van der Waals surface area contributed by atoms with Gasteiger partial charge in [-0.05, 0) is 78.4 Å². The molecular formula is C34H49NO8. The average molecular weight is 600 g/mol. The van der Waals surface area contributed by atoms with Crippen molar-refractivity contribution < 1.29 is 38.6 Å². The number of hydroxylamine groups is 2. The first kappa shape index (κ1) is 37.3. The van der Waals surface area contributed by atoms with Gasteiger partial charge in [0.05, 0.1) is 31.8 Å². The number of carboxylic acids is 1. The summed E-state index contributed by atoms with van der Waals surface area (Å²) in [6.45, 7) is 10.7. The van der Waals surface area contributed by atoms with E-state index in [-0.39, 0.29) is 24.7 Å². The lowest BCUT2D eigenvalue weighted by molar-refractivity contribution is -0.177. The molecular weight excluding hydrogens is 550 g/mol. The van der Waals surface area contributed by atoms with E-state index in [1.54, 1.807) is 27.8 Å². The zero-order chi connectivity index (χ0) is 32.6. The third kappa shape index (κ3) is 17.1. The number of hydrogen-bond acceptors (Lipinski definition) is 7. The van der Waals surface area contributed by atoms with Crippen molar-refractivity contribution in [1.82, 2.24) is 5.06 Å². The highest BCUT2D eigenvalue weighted by molar-refractivity contribution is 5.83. The topological polar surface area (TPSA) is 119 Å². The maximum absolute atomic E-state index is 12.4. The van der Waals surface area contributed by atoms with Crippen LogP contribution in [0.2, 0.25) is 0 Å². The number of hydrogen-bond donors (Lipinski definition) is 1. The standard InChI is InChI=1S/C18H27NO4.C16H22O4/c1-18(2,3)23-16(20)13-15(17(21)19(4)22-5)12-11-14-9-7-6-8-10-14;1-16(2,3)20-14(17)11-13(15(18)19)10-9-12-7-5-4-6-8-12/h6-10,15H,11-13H2,1-5H3;4-8,13H,9-11H2,1-3H3,(H,18,19)/t15-;13-/m11/s1. The fourth-order valence-corrected chi connectivity index (χ4v) is 4.11. The molecule has 9 nitrogen and oxygen atoms in total. The molecule has 0 heterocycles. The minimum Gasteiger partial charge on any atom is -0.481 e. The van der Waals surface area contributed by atoms with E-state index >= 15 is 0 Å². The summed E-state index contributed by atoms with van der Waals surface area (Å²) in [5.41, 5.74) is 1.06. The van der Waals surface area contributed by atoms with E-state index in [0.717, 1.165) is 17.5 Å². The molecule has 0 aliphatic rings. The lowest BCUT2D eigenvalue weighted by Gasteiger charge is -2.24. The van der Waals surface area contributed by atoms with E-state index in [9.17, 15) is 24.3 Å². The second-order valence-electron chi connectivity index (χ2n) is 12.4. The number of ether oxygens (including phenoxy) is 2. The molecule has 0 fully saturated rings. The molecule has 0 unspecified atom stereocenters. The summed E-state index contributed by atoms with van der Waals surface area (Å²) < 4.78 is 10.5. The maximum atomic E-state index is 12.4. The van der Waals surface area contributed by atoms with Crippen LogP contribution in [0.5, 0.6) is 0 Å². The number of carbonyl (C=O) groups excluding carboxylic acids is 3. The fraction of sp³-hybridized carbons (Fsp3) is 0.529. The average Bonchev–Trinajstić information content (AvgIpc) is 2.91. The fourth-order valence-electron chi connectivity index (χ4n) is 4.11. The Kier molecular flexibility index (Phi) is 15.7. The van der Waals surface area contributed by atoms with Crippen molar-refractivity contribution in [2.75, 3.05) is 14.2 Å². The summed E-state index contributed by atoms with van der Waals surface area (Å²) in [5.74, 6) is -3.16. The van der Waals surface area contributed by atoms with Crippen molar-refractivity contribution in [3.63, 3.8) is 0 Å². The van der Waals surface area contributed by atoms with Crippen LogP contribution in [0, 0.1) is 11.8 Å². The molecule has 0 aliphatic carbocycles. The van der Waals surface area contributed by atoms with Crippen molar-refractivity contribution in [2.24, 2.45) is 11.8 Å². The van der Waals surface area contributed by atoms with Crippen molar-refractivity contribution in [2.45, 2.75) is 91.3 Å². The molecule has 0 aromatic heterocycles. The van der Waals surface area contributed by atoms with Crippen LogP contribution in [0.15, 0.2) is 60.7 Å². The van der Waals surface area contributed by atoms with Gasteiger partial charge in [-0.1, -0.05) is 60.7 Å². The number of amides is 1. The third-order valence-electron chi connectivity index (χ3n) is 6.20. The normalized spacial score (nSPS) is 12.7. The highest BCUT2D eigenvalue weighted by atomic mass is 16.7. The Morgan fingerprint density at radius 1 is 0.698 bits per heavy atom. The zero-order valence-electron chi connectivity index (χ0n) is 26.9. The van der Waals surface area contributed by atoms with Crippen LogP contribution in [0.1, 0.15) is 78.4 Å². The first-order valence-corrected chi connectivity index (χ1v) is 14.6. The highest BCUT2D eigenvalue weighted by Crippen LogP contribution is 2.20. The molecule has 0 spiro atoms. The minimum absolute atomic E-state index is 0.0522. The molecule has 238 valence electrons. The van der Waals surface area contributed by atoms with Gasteiger partial charge in [0, 0.05) is 7.05 Å². The van der Waals surface area contributed by atoms with Gasteiger partial charge in [0.2, 0.25) is 5.91 Å². The first-order valence-electron chi connectivity index (χ1n) is 14.6. The summed E-state index contributed by atoms with van der Waals surface area (Å²) in [7, 11) is 2.98. The molecule has 0 bridgehead atoms. The SMILES string of the molecule is CC(C)(C)OC(=O)C[C@@H](CCc1ccccc1)C(=O)O.CON(C)C(=O)[C@H](CCc1ccccc1)CC(=O)OC(C)(C)C. The molecule has 2 aromatic carbocycles. The predicted molar refractivity (Wildman–Crippen MR) is 165 cm³/mol. The smallest absolute Gasteiger partial charge is 0.307 e. The number of rotatable bonds is 13. The van der Waals surface area contributed by atoms with E-state index in [1.165, 1.54) is 12.2 Å². The van der Waals surface area contributed by atoms with Gasteiger partial charge >= 0.3 is 17.9 Å². The number of esters is 2. The Balaban J connectivity index is 0.000000434. The highest BCUT2D eigenvalue weighted by Gasteiger charge is 2.28. The second kappa shape index (κ2) is 18.1. The zero-order valence-corrected chi connectivity index (χ0v) is 26.9. The van der Waals surface area contributed by atoms with Crippen molar-refractivity contribution >= 4 is 23.8 Å². The minimum atomic E-state index is -0.952. The Morgan fingerprint density at radius 2 is 1.07 bits per heavy atom.